The Morgan fingerprint density at radius 3 is 2.42 bits per heavy atom. The number of aryl methyl sites for hydroxylation is 1. The van der Waals surface area contributed by atoms with Gasteiger partial charge in [0, 0.05) is 4.47 Å². The molecule has 2 aromatic carbocycles. The largest absolute Gasteiger partial charge is 0.456 e. The predicted molar refractivity (Wildman–Crippen MR) is 83.8 cm³/mol. The predicted octanol–water partition coefficient (Wildman–Crippen LogP) is 5.04. The average molecular weight is 319 g/mol. The summed E-state index contributed by atoms with van der Waals surface area (Å²) in [6.07, 6.45) is 0. The first-order chi connectivity index (χ1) is 9.15. The highest BCUT2D eigenvalue weighted by molar-refractivity contribution is 9.10. The van der Waals surface area contributed by atoms with Gasteiger partial charge < -0.3 is 4.42 Å². The molecule has 3 rings (SSSR count). The minimum Gasteiger partial charge on any atom is -0.456 e. The van der Waals surface area contributed by atoms with Gasteiger partial charge >= 0.3 is 0 Å². The number of hydrogen-bond acceptors (Lipinski definition) is 2. The minimum absolute atomic E-state index is 0.0254. The topological polar surface area (TPSA) is 30.2 Å². The highest BCUT2D eigenvalue weighted by Gasteiger charge is 2.07. The summed E-state index contributed by atoms with van der Waals surface area (Å²) in [5.41, 5.74) is 2.32. The molecule has 2 nitrogen and oxygen atoms in total. The quantitative estimate of drug-likeness (QED) is 0.543. The van der Waals surface area contributed by atoms with Crippen LogP contribution in [0.2, 0.25) is 0 Å². The number of benzene rings is 2. The second-order valence-electron chi connectivity index (χ2n) is 4.07. The van der Waals surface area contributed by atoms with Gasteiger partial charge in [-0.2, -0.15) is 0 Å². The van der Waals surface area contributed by atoms with Crippen molar-refractivity contribution in [1.82, 2.24) is 0 Å². The summed E-state index contributed by atoms with van der Waals surface area (Å²) < 4.78 is 6.64. The molecule has 3 aromatic rings. The van der Waals surface area contributed by atoms with Crippen molar-refractivity contribution in [2.45, 2.75) is 20.8 Å². The first-order valence-electron chi connectivity index (χ1n) is 6.28. The summed E-state index contributed by atoms with van der Waals surface area (Å²) in [6.45, 7) is 5.96. The number of halogens is 1. The zero-order valence-electron chi connectivity index (χ0n) is 11.2. The van der Waals surface area contributed by atoms with Crippen molar-refractivity contribution in [2.75, 3.05) is 0 Å². The normalized spacial score (nSPS) is 10.3. The molecule has 19 heavy (non-hydrogen) atoms. The van der Waals surface area contributed by atoms with E-state index in [0.29, 0.717) is 21.9 Å². The molecule has 0 saturated carbocycles. The highest BCUT2D eigenvalue weighted by Crippen LogP contribution is 2.22. The molecule has 3 heteroatoms. The van der Waals surface area contributed by atoms with Crippen LogP contribution in [0.15, 0.2) is 50.1 Å². The van der Waals surface area contributed by atoms with Crippen molar-refractivity contribution < 1.29 is 4.42 Å². The smallest absolute Gasteiger partial charge is 0.200 e. The Morgan fingerprint density at radius 1 is 0.947 bits per heavy atom. The van der Waals surface area contributed by atoms with E-state index in [4.69, 9.17) is 4.42 Å². The zero-order valence-corrected chi connectivity index (χ0v) is 12.7. The van der Waals surface area contributed by atoms with Crippen LogP contribution in [0.25, 0.3) is 21.9 Å². The van der Waals surface area contributed by atoms with Crippen LogP contribution in [0, 0.1) is 6.92 Å². The van der Waals surface area contributed by atoms with E-state index >= 15 is 0 Å². The van der Waals surface area contributed by atoms with Crippen LogP contribution in [0.3, 0.4) is 0 Å². The Labute approximate surface area is 120 Å². The maximum atomic E-state index is 12.3. The molecule has 0 aliphatic carbocycles. The van der Waals surface area contributed by atoms with Gasteiger partial charge in [-0.05, 0) is 37.3 Å². The Hall–Kier alpha value is -1.61. The fourth-order valence-electron chi connectivity index (χ4n) is 1.94. The zero-order chi connectivity index (χ0) is 14.0. The van der Waals surface area contributed by atoms with Gasteiger partial charge in [-0.25, -0.2) is 0 Å². The van der Waals surface area contributed by atoms with Crippen LogP contribution < -0.4 is 5.43 Å². The van der Waals surface area contributed by atoms with Crippen molar-refractivity contribution in [3.05, 3.63) is 56.7 Å². The molecule has 1 aromatic heterocycles. The van der Waals surface area contributed by atoms with E-state index < -0.39 is 0 Å². The van der Waals surface area contributed by atoms with E-state index in [2.05, 4.69) is 15.9 Å². The van der Waals surface area contributed by atoms with Gasteiger partial charge in [0.05, 0.1) is 10.8 Å². The number of rotatable bonds is 0. The maximum absolute atomic E-state index is 12.3. The van der Waals surface area contributed by atoms with Gasteiger partial charge in [-0.15, -0.1) is 0 Å². The lowest BCUT2D eigenvalue weighted by atomic mass is 10.1. The SMILES string of the molecule is CC.Cc1ccc2oc3cc(Br)ccc3c(=O)c2c1. The third-order valence-corrected chi connectivity index (χ3v) is 3.28. The lowest BCUT2D eigenvalue weighted by Gasteiger charge is -2.02. The van der Waals surface area contributed by atoms with E-state index in [1.165, 1.54) is 0 Å². The molecule has 0 spiro atoms. The molecule has 0 atom stereocenters. The number of fused-ring (bicyclic) bond motifs is 2. The molecule has 0 amide bonds. The standard InChI is InChI=1S/C14H9BrO2.C2H6/c1-8-2-5-12-11(6-8)14(16)10-4-3-9(15)7-13(10)17-12;1-2/h2-7H,1H3;1-2H3. The third-order valence-electron chi connectivity index (χ3n) is 2.79. The second-order valence-corrected chi connectivity index (χ2v) is 4.99. The maximum Gasteiger partial charge on any atom is 0.200 e. The lowest BCUT2D eigenvalue weighted by Crippen LogP contribution is -2.02. The Balaban J connectivity index is 0.000000637. The molecule has 0 aliphatic heterocycles. The van der Waals surface area contributed by atoms with Crippen molar-refractivity contribution in [1.29, 1.82) is 0 Å². The highest BCUT2D eigenvalue weighted by atomic mass is 79.9. The molecule has 98 valence electrons. The molecule has 0 aliphatic rings. The van der Waals surface area contributed by atoms with Crippen LogP contribution in [-0.2, 0) is 0 Å². The average Bonchev–Trinajstić information content (AvgIpc) is 2.42. The summed E-state index contributed by atoms with van der Waals surface area (Å²) in [5, 5.41) is 1.26. The molecule has 0 N–H and O–H groups in total. The van der Waals surface area contributed by atoms with E-state index in [1.807, 2.05) is 51.1 Å². The Bertz CT molecular complexity index is 788. The third kappa shape index (κ3) is 2.56. The van der Waals surface area contributed by atoms with Crippen LogP contribution in [0.1, 0.15) is 19.4 Å². The molecular weight excluding hydrogens is 304 g/mol. The van der Waals surface area contributed by atoms with Crippen LogP contribution in [-0.4, -0.2) is 0 Å². The van der Waals surface area contributed by atoms with Gasteiger partial charge in [-0.3, -0.25) is 4.79 Å². The molecule has 0 saturated heterocycles. The van der Waals surface area contributed by atoms with Crippen molar-refractivity contribution in [2.24, 2.45) is 0 Å². The van der Waals surface area contributed by atoms with Crippen molar-refractivity contribution in [3.8, 4) is 0 Å². The van der Waals surface area contributed by atoms with Gasteiger partial charge in [0.1, 0.15) is 11.2 Å². The van der Waals surface area contributed by atoms with Gasteiger partial charge in [-0.1, -0.05) is 41.4 Å². The Morgan fingerprint density at radius 2 is 1.68 bits per heavy atom. The van der Waals surface area contributed by atoms with Crippen LogP contribution >= 0.6 is 15.9 Å². The van der Waals surface area contributed by atoms with E-state index in [9.17, 15) is 4.79 Å². The van der Waals surface area contributed by atoms with Gasteiger partial charge in [0.2, 0.25) is 5.43 Å². The number of hydrogen-bond donors (Lipinski definition) is 0. The van der Waals surface area contributed by atoms with Gasteiger partial charge in [0.25, 0.3) is 0 Å². The van der Waals surface area contributed by atoms with E-state index in [-0.39, 0.29) is 5.43 Å². The van der Waals surface area contributed by atoms with Gasteiger partial charge in [0.15, 0.2) is 0 Å². The fraction of sp³-hybridized carbons (Fsp3) is 0.188. The monoisotopic (exact) mass is 318 g/mol. The second kappa shape index (κ2) is 5.57. The first-order valence-corrected chi connectivity index (χ1v) is 7.07. The molecule has 0 bridgehead atoms. The molecule has 0 fully saturated rings. The van der Waals surface area contributed by atoms with E-state index in [0.717, 1.165) is 10.0 Å². The summed E-state index contributed by atoms with van der Waals surface area (Å²) in [4.78, 5) is 12.3. The van der Waals surface area contributed by atoms with Crippen LogP contribution in [0.4, 0.5) is 0 Å². The minimum atomic E-state index is 0.0254. The summed E-state index contributed by atoms with van der Waals surface area (Å²) in [6, 6.07) is 11.1. The first kappa shape index (κ1) is 13.8. The van der Waals surface area contributed by atoms with Crippen molar-refractivity contribution in [3.63, 3.8) is 0 Å². The molecule has 0 radical (unpaired) electrons. The summed E-state index contributed by atoms with van der Waals surface area (Å²) in [7, 11) is 0. The summed E-state index contributed by atoms with van der Waals surface area (Å²) in [5.74, 6) is 0. The lowest BCUT2D eigenvalue weighted by molar-refractivity contribution is 0.659. The molecular formula is C16H15BrO2. The molecule has 0 unspecified atom stereocenters. The molecule has 1 heterocycles. The Kier molecular flexibility index (Phi) is 4.05. The van der Waals surface area contributed by atoms with Crippen molar-refractivity contribution >= 4 is 37.9 Å². The fourth-order valence-corrected chi connectivity index (χ4v) is 2.28. The van der Waals surface area contributed by atoms with Crippen LogP contribution in [0.5, 0.6) is 0 Å². The summed E-state index contributed by atoms with van der Waals surface area (Å²) >= 11 is 3.37. The van der Waals surface area contributed by atoms with E-state index in [1.54, 1.807) is 6.07 Å².